The maximum absolute atomic E-state index is 6.54. The maximum atomic E-state index is 6.54. The molecule has 1 atom stereocenters. The molecule has 0 saturated heterocycles. The molecule has 94 valence electrons. The fraction of sp³-hybridized carbons (Fsp3) is 0.600. The molecule has 1 unspecified atom stereocenters. The predicted molar refractivity (Wildman–Crippen MR) is 73.0 cm³/mol. The van der Waals surface area contributed by atoms with E-state index in [1.807, 2.05) is 0 Å². The van der Waals surface area contributed by atoms with E-state index < -0.39 is 0 Å². The van der Waals surface area contributed by atoms with Gasteiger partial charge in [0.05, 0.1) is 12.0 Å². The second-order valence-electron chi connectivity index (χ2n) is 6.66. The van der Waals surface area contributed by atoms with Crippen LogP contribution in [0, 0.1) is 5.41 Å². The summed E-state index contributed by atoms with van der Waals surface area (Å²) in [5.74, 6) is 1.01. The van der Waals surface area contributed by atoms with Crippen LogP contribution in [0.2, 0.25) is 0 Å². The summed E-state index contributed by atoms with van der Waals surface area (Å²) in [7, 11) is 0. The predicted octanol–water partition coefficient (Wildman–Crippen LogP) is 4.68. The Hall–Kier alpha value is -0.690. The number of ether oxygens (including phenoxy) is 1. The molecule has 2 rings (SSSR count). The molecule has 1 aromatic carbocycles. The Morgan fingerprint density at radius 2 is 1.94 bits per heavy atom. The van der Waals surface area contributed by atoms with Gasteiger partial charge in [0, 0.05) is 11.0 Å². The Kier molecular flexibility index (Phi) is 2.94. The van der Waals surface area contributed by atoms with Gasteiger partial charge in [-0.15, -0.1) is 11.6 Å². The summed E-state index contributed by atoms with van der Waals surface area (Å²) in [6.45, 7) is 11.7. The van der Waals surface area contributed by atoms with Gasteiger partial charge in [-0.2, -0.15) is 0 Å². The van der Waals surface area contributed by atoms with Gasteiger partial charge >= 0.3 is 0 Å². The molecular weight excluding hydrogens is 232 g/mol. The van der Waals surface area contributed by atoms with Gasteiger partial charge in [0.25, 0.3) is 0 Å². The van der Waals surface area contributed by atoms with E-state index in [1.54, 1.807) is 0 Å². The molecule has 1 heterocycles. The third-order valence-corrected chi connectivity index (χ3v) is 4.28. The fourth-order valence-corrected chi connectivity index (χ4v) is 2.33. The molecule has 0 fully saturated rings. The molecule has 1 aliphatic rings. The second kappa shape index (κ2) is 3.91. The van der Waals surface area contributed by atoms with Gasteiger partial charge in [0.2, 0.25) is 0 Å². The molecule has 17 heavy (non-hydrogen) atoms. The lowest BCUT2D eigenvalue weighted by atomic mass is 9.82. The van der Waals surface area contributed by atoms with Crippen molar-refractivity contribution >= 4 is 11.6 Å². The Labute approximate surface area is 109 Å². The lowest BCUT2D eigenvalue weighted by molar-refractivity contribution is 0.291. The highest BCUT2D eigenvalue weighted by Gasteiger charge is 2.33. The van der Waals surface area contributed by atoms with Gasteiger partial charge in [-0.3, -0.25) is 0 Å². The number of halogens is 1. The maximum Gasteiger partial charge on any atom is 0.123 e. The van der Waals surface area contributed by atoms with E-state index >= 15 is 0 Å². The fourth-order valence-electron chi connectivity index (χ4n) is 2.20. The van der Waals surface area contributed by atoms with Crippen molar-refractivity contribution in [1.82, 2.24) is 0 Å². The van der Waals surface area contributed by atoms with E-state index in [4.69, 9.17) is 16.3 Å². The normalized spacial score (nSPS) is 19.6. The first-order chi connectivity index (χ1) is 7.72. The van der Waals surface area contributed by atoms with Crippen molar-refractivity contribution in [2.45, 2.75) is 45.4 Å². The minimum absolute atomic E-state index is 0.0317. The summed E-state index contributed by atoms with van der Waals surface area (Å²) in [6.07, 6.45) is 0. The van der Waals surface area contributed by atoms with Crippen molar-refractivity contribution in [1.29, 1.82) is 0 Å². The molecular formula is C15H21ClO. The standard InChI is InChI=1S/C15H21ClO/c1-14(2,3)13(16)10-6-7-12-11(8-10)15(4,5)9-17-12/h6-8,13H,9H2,1-5H3. The zero-order valence-electron chi connectivity index (χ0n) is 11.3. The molecule has 2 heteroatoms. The Bertz CT molecular complexity index is 429. The van der Waals surface area contributed by atoms with E-state index in [9.17, 15) is 0 Å². The van der Waals surface area contributed by atoms with Crippen molar-refractivity contribution in [3.05, 3.63) is 29.3 Å². The quantitative estimate of drug-likeness (QED) is 0.660. The van der Waals surface area contributed by atoms with Crippen molar-refractivity contribution in [3.63, 3.8) is 0 Å². The summed E-state index contributed by atoms with van der Waals surface area (Å²) in [6, 6.07) is 6.36. The van der Waals surface area contributed by atoms with Crippen LogP contribution in [0.4, 0.5) is 0 Å². The molecule has 1 aliphatic heterocycles. The van der Waals surface area contributed by atoms with Crippen LogP contribution in [0.1, 0.15) is 51.1 Å². The zero-order valence-corrected chi connectivity index (χ0v) is 12.1. The van der Waals surface area contributed by atoms with E-state index in [0.29, 0.717) is 0 Å². The lowest BCUT2D eigenvalue weighted by Crippen LogP contribution is -2.19. The van der Waals surface area contributed by atoms with Gasteiger partial charge in [-0.25, -0.2) is 0 Å². The highest BCUT2D eigenvalue weighted by Crippen LogP contribution is 2.44. The monoisotopic (exact) mass is 252 g/mol. The van der Waals surface area contributed by atoms with Crippen molar-refractivity contribution in [2.75, 3.05) is 6.61 Å². The number of fused-ring (bicyclic) bond motifs is 1. The van der Waals surface area contributed by atoms with Crippen molar-refractivity contribution < 1.29 is 4.74 Å². The topological polar surface area (TPSA) is 9.23 Å². The van der Waals surface area contributed by atoms with Gasteiger partial charge in [0.1, 0.15) is 5.75 Å². The zero-order chi connectivity index (χ0) is 12.8. The number of hydrogen-bond donors (Lipinski definition) is 0. The Morgan fingerprint density at radius 1 is 1.29 bits per heavy atom. The van der Waals surface area contributed by atoms with Crippen LogP contribution < -0.4 is 4.74 Å². The number of benzene rings is 1. The van der Waals surface area contributed by atoms with Crippen LogP contribution >= 0.6 is 11.6 Å². The van der Waals surface area contributed by atoms with Crippen molar-refractivity contribution in [2.24, 2.45) is 5.41 Å². The smallest absolute Gasteiger partial charge is 0.123 e. The van der Waals surface area contributed by atoms with Crippen molar-refractivity contribution in [3.8, 4) is 5.75 Å². The largest absolute Gasteiger partial charge is 0.492 e. The Balaban J connectivity index is 2.41. The first-order valence-electron chi connectivity index (χ1n) is 6.13. The van der Waals surface area contributed by atoms with E-state index in [0.717, 1.165) is 12.4 Å². The van der Waals surface area contributed by atoms with E-state index in [1.165, 1.54) is 11.1 Å². The van der Waals surface area contributed by atoms with E-state index in [-0.39, 0.29) is 16.2 Å². The lowest BCUT2D eigenvalue weighted by Gasteiger charge is -2.26. The first-order valence-corrected chi connectivity index (χ1v) is 6.57. The number of rotatable bonds is 1. The third-order valence-electron chi connectivity index (χ3n) is 3.37. The van der Waals surface area contributed by atoms with Crippen LogP contribution in [-0.2, 0) is 5.41 Å². The van der Waals surface area contributed by atoms with Gasteiger partial charge in [0.15, 0.2) is 0 Å². The highest BCUT2D eigenvalue weighted by atomic mass is 35.5. The summed E-state index contributed by atoms with van der Waals surface area (Å²) < 4.78 is 5.69. The average molecular weight is 253 g/mol. The number of alkyl halides is 1. The summed E-state index contributed by atoms with van der Waals surface area (Å²) in [5.41, 5.74) is 2.64. The van der Waals surface area contributed by atoms with Crippen LogP contribution in [0.3, 0.4) is 0 Å². The molecule has 0 aromatic heterocycles. The highest BCUT2D eigenvalue weighted by molar-refractivity contribution is 6.21. The Morgan fingerprint density at radius 3 is 2.53 bits per heavy atom. The van der Waals surface area contributed by atoms with Gasteiger partial charge < -0.3 is 4.74 Å². The first kappa shape index (κ1) is 12.8. The van der Waals surface area contributed by atoms with Crippen LogP contribution in [-0.4, -0.2) is 6.61 Å². The molecule has 0 saturated carbocycles. The minimum atomic E-state index is 0.0317. The van der Waals surface area contributed by atoms with Crippen LogP contribution in [0.5, 0.6) is 5.75 Å². The minimum Gasteiger partial charge on any atom is -0.492 e. The third kappa shape index (κ3) is 2.30. The van der Waals surface area contributed by atoms with Crippen LogP contribution in [0.15, 0.2) is 18.2 Å². The summed E-state index contributed by atoms with van der Waals surface area (Å²) in [5, 5.41) is 0.0317. The van der Waals surface area contributed by atoms with Gasteiger partial charge in [-0.05, 0) is 23.1 Å². The van der Waals surface area contributed by atoms with E-state index in [2.05, 4.69) is 52.8 Å². The molecule has 0 bridgehead atoms. The van der Waals surface area contributed by atoms with Crippen LogP contribution in [0.25, 0.3) is 0 Å². The average Bonchev–Trinajstić information content (AvgIpc) is 2.52. The molecule has 1 aromatic rings. The second-order valence-corrected chi connectivity index (χ2v) is 7.09. The summed E-state index contributed by atoms with van der Waals surface area (Å²) in [4.78, 5) is 0. The molecule has 1 nitrogen and oxygen atoms in total. The summed E-state index contributed by atoms with van der Waals surface area (Å²) >= 11 is 6.54. The molecule has 0 radical (unpaired) electrons. The molecule has 0 N–H and O–H groups in total. The molecule has 0 spiro atoms. The number of hydrogen-bond acceptors (Lipinski definition) is 1. The SMILES string of the molecule is CC1(C)COc2ccc(C(Cl)C(C)(C)C)cc21. The van der Waals surface area contributed by atoms with Gasteiger partial charge in [-0.1, -0.05) is 40.7 Å². The molecule has 0 aliphatic carbocycles. The molecule has 0 amide bonds.